The standard InChI is InChI=1S/C24H30ClN3O4S/c1-18-6-5-7-22(19(18)2)26-12-14-27(15-13-26)24(29)17-32-23-9-8-20(16-21(23)25)33(30,31)28-10-3-4-11-28/h5-9,16H,3-4,10-15,17H2,1-2H3. The number of benzene rings is 2. The topological polar surface area (TPSA) is 70.2 Å². The second-order valence-corrected chi connectivity index (χ2v) is 10.9. The first-order chi connectivity index (χ1) is 15.8. The summed E-state index contributed by atoms with van der Waals surface area (Å²) in [6.07, 6.45) is 1.74. The first-order valence-corrected chi connectivity index (χ1v) is 13.1. The fourth-order valence-electron chi connectivity index (χ4n) is 4.34. The highest BCUT2D eigenvalue weighted by molar-refractivity contribution is 7.89. The molecule has 2 fully saturated rings. The Labute approximate surface area is 200 Å². The van der Waals surface area contributed by atoms with Gasteiger partial charge in [-0.1, -0.05) is 23.7 Å². The lowest BCUT2D eigenvalue weighted by Crippen LogP contribution is -2.50. The highest BCUT2D eigenvalue weighted by atomic mass is 35.5. The van der Waals surface area contributed by atoms with E-state index in [2.05, 4.69) is 36.9 Å². The first-order valence-electron chi connectivity index (χ1n) is 11.3. The number of aryl methyl sites for hydroxylation is 1. The number of hydrogen-bond acceptors (Lipinski definition) is 5. The van der Waals surface area contributed by atoms with Crippen LogP contribution in [0.4, 0.5) is 5.69 Å². The molecule has 0 bridgehead atoms. The van der Waals surface area contributed by atoms with E-state index in [0.717, 1.165) is 25.9 Å². The van der Waals surface area contributed by atoms with Crippen molar-refractivity contribution in [1.29, 1.82) is 0 Å². The third kappa shape index (κ3) is 5.13. The van der Waals surface area contributed by atoms with Crippen LogP contribution in [0.3, 0.4) is 0 Å². The molecule has 1 amide bonds. The zero-order chi connectivity index (χ0) is 23.6. The van der Waals surface area contributed by atoms with Crippen molar-refractivity contribution >= 4 is 33.2 Å². The molecule has 0 spiro atoms. The SMILES string of the molecule is Cc1cccc(N2CCN(C(=O)COc3ccc(S(=O)(=O)N4CCCC4)cc3Cl)CC2)c1C. The van der Waals surface area contributed by atoms with Crippen LogP contribution in [0, 0.1) is 13.8 Å². The molecule has 178 valence electrons. The molecule has 9 heteroatoms. The smallest absolute Gasteiger partial charge is 0.260 e. The normalized spacial score (nSPS) is 17.4. The van der Waals surface area contributed by atoms with Crippen LogP contribution in [-0.4, -0.2) is 69.4 Å². The van der Waals surface area contributed by atoms with E-state index >= 15 is 0 Å². The van der Waals surface area contributed by atoms with Gasteiger partial charge in [0, 0.05) is 45.0 Å². The van der Waals surface area contributed by atoms with Gasteiger partial charge in [0.25, 0.3) is 5.91 Å². The third-order valence-electron chi connectivity index (χ3n) is 6.51. The third-order valence-corrected chi connectivity index (χ3v) is 8.70. The summed E-state index contributed by atoms with van der Waals surface area (Å²) < 4.78 is 32.5. The van der Waals surface area contributed by atoms with E-state index in [9.17, 15) is 13.2 Å². The minimum absolute atomic E-state index is 0.111. The van der Waals surface area contributed by atoms with Crippen molar-refractivity contribution in [2.45, 2.75) is 31.6 Å². The number of halogens is 1. The Morgan fingerprint density at radius 2 is 1.70 bits per heavy atom. The quantitative estimate of drug-likeness (QED) is 0.618. The molecule has 0 N–H and O–H groups in total. The van der Waals surface area contributed by atoms with E-state index in [4.69, 9.17) is 16.3 Å². The summed E-state index contributed by atoms with van der Waals surface area (Å²) in [5.74, 6) is 0.194. The minimum Gasteiger partial charge on any atom is -0.482 e. The van der Waals surface area contributed by atoms with Gasteiger partial charge >= 0.3 is 0 Å². The highest BCUT2D eigenvalue weighted by Gasteiger charge is 2.28. The number of amides is 1. The average Bonchev–Trinajstić information content (AvgIpc) is 3.36. The molecule has 2 aliphatic heterocycles. The van der Waals surface area contributed by atoms with Gasteiger partial charge in [-0.15, -0.1) is 0 Å². The molecule has 0 aromatic heterocycles. The number of rotatable bonds is 6. The maximum absolute atomic E-state index is 12.7. The summed E-state index contributed by atoms with van der Waals surface area (Å²) in [5, 5.41) is 0.183. The predicted octanol–water partition coefficient (Wildman–Crippen LogP) is 3.47. The van der Waals surface area contributed by atoms with Gasteiger partial charge in [-0.25, -0.2) is 8.42 Å². The number of piperazine rings is 1. The molecule has 7 nitrogen and oxygen atoms in total. The number of carbonyl (C=O) groups is 1. The maximum atomic E-state index is 12.7. The number of anilines is 1. The van der Waals surface area contributed by atoms with Crippen molar-refractivity contribution in [3.05, 3.63) is 52.5 Å². The molecular formula is C24H30ClN3O4S. The number of carbonyl (C=O) groups excluding carboxylic acids is 1. The Morgan fingerprint density at radius 3 is 2.36 bits per heavy atom. The van der Waals surface area contributed by atoms with E-state index < -0.39 is 10.0 Å². The Balaban J connectivity index is 1.32. The molecule has 0 atom stereocenters. The fourth-order valence-corrected chi connectivity index (χ4v) is 6.19. The lowest BCUT2D eigenvalue weighted by atomic mass is 10.1. The van der Waals surface area contributed by atoms with Gasteiger partial charge in [0.1, 0.15) is 5.75 Å². The zero-order valence-electron chi connectivity index (χ0n) is 19.1. The van der Waals surface area contributed by atoms with Crippen molar-refractivity contribution in [3.8, 4) is 5.75 Å². The molecule has 0 unspecified atom stereocenters. The molecule has 2 aromatic rings. The molecule has 2 heterocycles. The van der Waals surface area contributed by atoms with Gasteiger partial charge in [0.2, 0.25) is 10.0 Å². The van der Waals surface area contributed by atoms with Crippen LogP contribution in [-0.2, 0) is 14.8 Å². The van der Waals surface area contributed by atoms with Crippen molar-refractivity contribution in [2.75, 3.05) is 50.8 Å². The van der Waals surface area contributed by atoms with E-state index in [1.807, 2.05) is 0 Å². The Hall–Kier alpha value is -2.29. The van der Waals surface area contributed by atoms with Gasteiger partial charge in [0.05, 0.1) is 9.92 Å². The van der Waals surface area contributed by atoms with E-state index in [-0.39, 0.29) is 22.4 Å². The Bertz CT molecular complexity index is 1120. The molecule has 0 saturated carbocycles. The zero-order valence-corrected chi connectivity index (χ0v) is 20.7. The monoisotopic (exact) mass is 491 g/mol. The summed E-state index contributed by atoms with van der Waals surface area (Å²) in [6.45, 7) is 7.93. The molecule has 2 saturated heterocycles. The van der Waals surface area contributed by atoms with Gasteiger partial charge in [-0.3, -0.25) is 4.79 Å². The van der Waals surface area contributed by atoms with Crippen LogP contribution < -0.4 is 9.64 Å². The second kappa shape index (κ2) is 9.91. The molecule has 2 aliphatic rings. The van der Waals surface area contributed by atoms with Crippen LogP contribution in [0.1, 0.15) is 24.0 Å². The average molecular weight is 492 g/mol. The summed E-state index contributed by atoms with van der Waals surface area (Å²) >= 11 is 6.29. The van der Waals surface area contributed by atoms with Crippen LogP contribution in [0.25, 0.3) is 0 Å². The highest BCUT2D eigenvalue weighted by Crippen LogP contribution is 2.30. The second-order valence-electron chi connectivity index (χ2n) is 8.58. The van der Waals surface area contributed by atoms with Crippen LogP contribution in [0.5, 0.6) is 5.75 Å². The van der Waals surface area contributed by atoms with Crippen LogP contribution in [0.2, 0.25) is 5.02 Å². The van der Waals surface area contributed by atoms with Crippen LogP contribution in [0.15, 0.2) is 41.3 Å². The molecule has 0 aliphatic carbocycles. The summed E-state index contributed by atoms with van der Waals surface area (Å²) in [6, 6.07) is 10.7. The fraction of sp³-hybridized carbons (Fsp3) is 0.458. The van der Waals surface area contributed by atoms with Gasteiger partial charge in [0.15, 0.2) is 6.61 Å². The van der Waals surface area contributed by atoms with Crippen molar-refractivity contribution in [2.24, 2.45) is 0 Å². The lowest BCUT2D eigenvalue weighted by molar-refractivity contribution is -0.133. The Kier molecular flexibility index (Phi) is 7.16. The lowest BCUT2D eigenvalue weighted by Gasteiger charge is -2.37. The van der Waals surface area contributed by atoms with E-state index in [1.165, 1.54) is 39.3 Å². The summed E-state index contributed by atoms with van der Waals surface area (Å²) in [4.78, 5) is 16.9. The molecule has 0 radical (unpaired) electrons. The number of ether oxygens (including phenoxy) is 1. The van der Waals surface area contributed by atoms with Gasteiger partial charge in [-0.2, -0.15) is 4.31 Å². The van der Waals surface area contributed by atoms with Crippen LogP contribution >= 0.6 is 11.6 Å². The van der Waals surface area contributed by atoms with Crippen molar-refractivity contribution < 1.29 is 17.9 Å². The predicted molar refractivity (Wildman–Crippen MR) is 130 cm³/mol. The van der Waals surface area contributed by atoms with Crippen molar-refractivity contribution in [1.82, 2.24) is 9.21 Å². The molecule has 4 rings (SSSR count). The number of hydrogen-bond donors (Lipinski definition) is 0. The Morgan fingerprint density at radius 1 is 1.00 bits per heavy atom. The summed E-state index contributed by atoms with van der Waals surface area (Å²) in [7, 11) is -3.55. The van der Waals surface area contributed by atoms with E-state index in [0.29, 0.717) is 31.9 Å². The molecular weight excluding hydrogens is 462 g/mol. The first kappa shape index (κ1) is 23.9. The number of sulfonamides is 1. The molecule has 2 aromatic carbocycles. The maximum Gasteiger partial charge on any atom is 0.260 e. The minimum atomic E-state index is -3.55. The van der Waals surface area contributed by atoms with Gasteiger partial charge in [-0.05, 0) is 62.1 Å². The summed E-state index contributed by atoms with van der Waals surface area (Å²) in [5.41, 5.74) is 3.75. The van der Waals surface area contributed by atoms with Gasteiger partial charge < -0.3 is 14.5 Å². The number of nitrogens with zero attached hydrogens (tertiary/aromatic N) is 3. The van der Waals surface area contributed by atoms with E-state index in [1.54, 1.807) is 4.90 Å². The largest absolute Gasteiger partial charge is 0.482 e. The van der Waals surface area contributed by atoms with Crippen molar-refractivity contribution in [3.63, 3.8) is 0 Å². The molecule has 33 heavy (non-hydrogen) atoms.